The molecular weight excluding hydrogens is 321 g/mol. The van der Waals surface area contributed by atoms with Gasteiger partial charge in [-0.05, 0) is 0 Å². The molecule has 1 aliphatic heterocycles. The standard InChI is InChI=1S/C13H10N3O.Pd/c14-12-5-4-8(7-15-12)9-2-1-3-11-10(9)6-13(17)16-11;/h1-7H,(H2,14,15)(H,16,17);. The first kappa shape index (κ1) is 11.4. The number of pyridine rings is 1. The van der Waals surface area contributed by atoms with Gasteiger partial charge in [-0.15, -0.1) is 0 Å². The van der Waals surface area contributed by atoms with Gasteiger partial charge in [0.15, 0.2) is 0 Å². The van der Waals surface area contributed by atoms with Gasteiger partial charge in [-0.3, -0.25) is 0 Å². The number of hydrogen-bond donors (Lipinski definition) is 2. The fraction of sp³-hybridized carbons (Fsp3) is 0.0769. The van der Waals surface area contributed by atoms with Crippen LogP contribution in [0.1, 0.15) is 9.95 Å². The first-order chi connectivity index (χ1) is 8.66. The van der Waals surface area contributed by atoms with Crippen LogP contribution in [0.5, 0.6) is 0 Å². The summed E-state index contributed by atoms with van der Waals surface area (Å²) < 4.78 is -0.281. The Morgan fingerprint density at radius 1 is 1.28 bits per heavy atom. The maximum atomic E-state index is 11.7. The van der Waals surface area contributed by atoms with Gasteiger partial charge in [0, 0.05) is 0 Å². The molecule has 2 aromatic rings. The Labute approximate surface area is 115 Å². The Hall–Kier alpha value is -1.70. The molecule has 93 valence electrons. The molecule has 18 heavy (non-hydrogen) atoms. The van der Waals surface area contributed by atoms with E-state index in [1.54, 1.807) is 12.3 Å². The van der Waals surface area contributed by atoms with E-state index in [1.165, 1.54) is 0 Å². The number of fused-ring (bicyclic) bond motifs is 1. The average molecular weight is 331 g/mol. The summed E-state index contributed by atoms with van der Waals surface area (Å²) >= 11 is 3.11. The third-order valence-corrected chi connectivity index (χ3v) is 3.77. The van der Waals surface area contributed by atoms with Gasteiger partial charge >= 0.3 is 115 Å². The normalized spacial score (nSPS) is 17.4. The molecule has 1 unspecified atom stereocenters. The number of carbonyl (C=O) groups excluding carboxylic acids is 1. The van der Waals surface area contributed by atoms with Crippen molar-refractivity contribution >= 4 is 17.4 Å². The van der Waals surface area contributed by atoms with Crippen LogP contribution in [-0.2, 0) is 24.0 Å². The third-order valence-electron chi connectivity index (χ3n) is 2.91. The number of aromatic nitrogens is 1. The molecule has 0 spiro atoms. The fourth-order valence-corrected chi connectivity index (χ4v) is 2.66. The van der Waals surface area contributed by atoms with Crippen molar-refractivity contribution < 1.29 is 24.0 Å². The second kappa shape index (κ2) is 4.20. The van der Waals surface area contributed by atoms with E-state index in [0.29, 0.717) is 5.82 Å². The summed E-state index contributed by atoms with van der Waals surface area (Å²) in [6, 6.07) is 9.46. The van der Waals surface area contributed by atoms with Crippen molar-refractivity contribution in [1.29, 1.82) is 0 Å². The number of hydrogen-bond acceptors (Lipinski definition) is 3. The molecule has 1 aromatic carbocycles. The van der Waals surface area contributed by atoms with Crippen LogP contribution in [0.2, 0.25) is 0 Å². The molecule has 3 N–H and O–H groups in total. The van der Waals surface area contributed by atoms with E-state index in [2.05, 4.69) is 29.5 Å². The summed E-state index contributed by atoms with van der Waals surface area (Å²) in [5.41, 5.74) is 9.35. The molecule has 0 fully saturated rings. The van der Waals surface area contributed by atoms with Gasteiger partial charge in [0.2, 0.25) is 0 Å². The zero-order valence-electron chi connectivity index (χ0n) is 9.29. The van der Waals surface area contributed by atoms with Crippen LogP contribution in [-0.4, -0.2) is 10.9 Å². The molecule has 0 saturated heterocycles. The summed E-state index contributed by atoms with van der Waals surface area (Å²) in [5, 5.41) is 2.85. The van der Waals surface area contributed by atoms with E-state index in [0.717, 1.165) is 22.4 Å². The molecule has 1 aromatic heterocycles. The first-order valence-corrected chi connectivity index (χ1v) is 6.33. The number of nitrogens with two attached hydrogens (primary N) is 1. The molecule has 0 radical (unpaired) electrons. The fourth-order valence-electron chi connectivity index (χ4n) is 2.07. The van der Waals surface area contributed by atoms with E-state index >= 15 is 0 Å². The van der Waals surface area contributed by atoms with E-state index in [1.807, 2.05) is 24.3 Å². The van der Waals surface area contributed by atoms with E-state index in [9.17, 15) is 4.79 Å². The van der Waals surface area contributed by atoms with Crippen molar-refractivity contribution in [3.05, 3.63) is 42.1 Å². The molecule has 0 saturated carbocycles. The van der Waals surface area contributed by atoms with Gasteiger partial charge in [-0.25, -0.2) is 0 Å². The molecule has 5 heteroatoms. The topological polar surface area (TPSA) is 68.0 Å². The van der Waals surface area contributed by atoms with Crippen LogP contribution in [0.15, 0.2) is 36.5 Å². The molecule has 4 nitrogen and oxygen atoms in total. The minimum absolute atomic E-state index is 0.0242. The van der Waals surface area contributed by atoms with Crippen molar-refractivity contribution in [3.8, 4) is 11.1 Å². The van der Waals surface area contributed by atoms with Crippen LogP contribution in [0, 0.1) is 0 Å². The third kappa shape index (κ3) is 1.73. The molecular formula is C13H10N3OPd. The zero-order valence-corrected chi connectivity index (χ0v) is 10.8. The number of anilines is 2. The quantitative estimate of drug-likeness (QED) is 0.784. The van der Waals surface area contributed by atoms with Crippen molar-refractivity contribution in [2.45, 2.75) is 4.39 Å². The summed E-state index contributed by atoms with van der Waals surface area (Å²) in [4.78, 5) is 15.8. The van der Waals surface area contributed by atoms with E-state index < -0.39 is 0 Å². The Morgan fingerprint density at radius 2 is 2.11 bits per heavy atom. The van der Waals surface area contributed by atoms with Crippen molar-refractivity contribution in [3.63, 3.8) is 0 Å². The summed E-state index contributed by atoms with van der Waals surface area (Å²) in [6.07, 6.45) is 1.72. The zero-order chi connectivity index (χ0) is 12.7. The van der Waals surface area contributed by atoms with E-state index in [-0.39, 0.29) is 10.3 Å². The minimum atomic E-state index is -0.281. The monoisotopic (exact) mass is 330 g/mol. The molecule has 1 atom stereocenters. The number of nitrogen functional groups attached to an aromatic ring is 1. The molecule has 1 amide bonds. The Morgan fingerprint density at radius 3 is 2.83 bits per heavy atom. The summed E-state index contributed by atoms with van der Waals surface area (Å²) in [7, 11) is 0. The molecule has 3 rings (SSSR count). The number of benzene rings is 1. The summed E-state index contributed by atoms with van der Waals surface area (Å²) in [6.45, 7) is 0. The summed E-state index contributed by atoms with van der Waals surface area (Å²) in [5.74, 6) is 0.460. The molecule has 1 aliphatic rings. The van der Waals surface area contributed by atoms with Crippen molar-refractivity contribution in [2.75, 3.05) is 11.1 Å². The SMILES string of the molecule is Nc1ccc(-c2cccc3c2[CH]([Pd])C(=O)N3)cn1. The predicted octanol–water partition coefficient (Wildman–Crippen LogP) is 1.87. The maximum absolute atomic E-state index is 11.7. The van der Waals surface area contributed by atoms with Crippen LogP contribution in [0.3, 0.4) is 0 Å². The van der Waals surface area contributed by atoms with Crippen molar-refractivity contribution in [1.82, 2.24) is 4.98 Å². The van der Waals surface area contributed by atoms with Crippen molar-refractivity contribution in [2.24, 2.45) is 0 Å². The van der Waals surface area contributed by atoms with Gasteiger partial charge in [0.1, 0.15) is 0 Å². The number of amides is 1. The van der Waals surface area contributed by atoms with Crippen LogP contribution in [0.4, 0.5) is 11.5 Å². The van der Waals surface area contributed by atoms with Gasteiger partial charge in [0.05, 0.1) is 0 Å². The molecule has 0 aliphatic carbocycles. The Balaban J connectivity index is 2.18. The van der Waals surface area contributed by atoms with Gasteiger partial charge in [-0.2, -0.15) is 0 Å². The number of carbonyl (C=O) groups is 1. The second-order valence-corrected chi connectivity index (χ2v) is 4.95. The van der Waals surface area contributed by atoms with Gasteiger partial charge in [0.25, 0.3) is 0 Å². The molecule has 0 bridgehead atoms. The van der Waals surface area contributed by atoms with Crippen LogP contribution < -0.4 is 11.1 Å². The average Bonchev–Trinajstić information content (AvgIpc) is 2.66. The number of nitrogens with zero attached hydrogens (tertiary/aromatic N) is 1. The Bertz CT molecular complexity index is 625. The first-order valence-electron chi connectivity index (χ1n) is 5.43. The van der Waals surface area contributed by atoms with Gasteiger partial charge < -0.3 is 0 Å². The van der Waals surface area contributed by atoms with Crippen LogP contribution >= 0.6 is 0 Å². The second-order valence-electron chi connectivity index (χ2n) is 4.05. The number of rotatable bonds is 1. The predicted molar refractivity (Wildman–Crippen MR) is 65.5 cm³/mol. The van der Waals surface area contributed by atoms with Gasteiger partial charge in [-0.1, -0.05) is 0 Å². The Kier molecular flexibility index (Phi) is 2.66. The number of nitrogens with one attached hydrogen (secondary N) is 1. The van der Waals surface area contributed by atoms with E-state index in [4.69, 9.17) is 5.73 Å². The van der Waals surface area contributed by atoms with Crippen LogP contribution in [0.25, 0.3) is 11.1 Å². The molecule has 2 heterocycles.